The largest absolute Gasteiger partial charge is 0.367 e. The summed E-state index contributed by atoms with van der Waals surface area (Å²) in [5, 5.41) is 3.37. The Kier molecular flexibility index (Phi) is 5.05. The summed E-state index contributed by atoms with van der Waals surface area (Å²) in [5.74, 6) is 0.219. The van der Waals surface area contributed by atoms with E-state index >= 15 is 0 Å². The molecular weight excluding hydrogens is 272 g/mol. The number of likely N-dealkylation sites (N-methyl/N-ethyl adjacent to an activating group) is 1. The van der Waals surface area contributed by atoms with Gasteiger partial charge in [-0.05, 0) is 50.6 Å². The fourth-order valence-electron chi connectivity index (χ4n) is 2.79. The average Bonchev–Trinajstić information content (AvgIpc) is 2.94. The molecule has 1 aliphatic heterocycles. The van der Waals surface area contributed by atoms with Gasteiger partial charge in [0.2, 0.25) is 0 Å². The molecule has 0 radical (unpaired) electrons. The number of nitrogens with zero attached hydrogens (tertiary/aromatic N) is 1. The standard InChI is InChI=1S/C15H24N2O2S/c1-3-11-20(18,19)15-7-5-13(6-8-15)17(4-2)14-9-10-16-12-14/h5-8,14,16H,3-4,9-12H2,1-2H3. The Morgan fingerprint density at radius 3 is 2.45 bits per heavy atom. The van der Waals surface area contributed by atoms with Crippen molar-refractivity contribution >= 4 is 15.5 Å². The monoisotopic (exact) mass is 296 g/mol. The minimum absolute atomic E-state index is 0.219. The first kappa shape index (κ1) is 15.3. The number of anilines is 1. The summed E-state index contributed by atoms with van der Waals surface area (Å²) in [5.41, 5.74) is 1.11. The Bertz CT molecular complexity index is 519. The molecule has 0 bridgehead atoms. The van der Waals surface area contributed by atoms with Gasteiger partial charge in [-0.2, -0.15) is 0 Å². The Morgan fingerprint density at radius 2 is 1.95 bits per heavy atom. The van der Waals surface area contributed by atoms with E-state index in [2.05, 4.69) is 17.1 Å². The molecule has 1 atom stereocenters. The van der Waals surface area contributed by atoms with Gasteiger partial charge in [-0.25, -0.2) is 8.42 Å². The fourth-order valence-corrected chi connectivity index (χ4v) is 4.11. The third-order valence-corrected chi connectivity index (χ3v) is 5.75. The maximum atomic E-state index is 12.0. The molecule has 1 N–H and O–H groups in total. The molecule has 1 aliphatic rings. The first-order chi connectivity index (χ1) is 9.58. The Morgan fingerprint density at radius 1 is 1.25 bits per heavy atom. The SMILES string of the molecule is CCCS(=O)(=O)c1ccc(N(CC)C2CCNC2)cc1. The molecule has 1 aromatic carbocycles. The summed E-state index contributed by atoms with van der Waals surface area (Å²) >= 11 is 0. The molecule has 20 heavy (non-hydrogen) atoms. The van der Waals surface area contributed by atoms with E-state index in [0.29, 0.717) is 17.4 Å². The van der Waals surface area contributed by atoms with Crippen LogP contribution in [0.25, 0.3) is 0 Å². The summed E-state index contributed by atoms with van der Waals surface area (Å²) in [6, 6.07) is 7.86. The maximum absolute atomic E-state index is 12.0. The van der Waals surface area contributed by atoms with Gasteiger partial charge >= 0.3 is 0 Å². The molecule has 0 spiro atoms. The zero-order valence-corrected chi connectivity index (χ0v) is 13.1. The minimum Gasteiger partial charge on any atom is -0.367 e. The molecule has 112 valence electrons. The van der Waals surface area contributed by atoms with Gasteiger partial charge in [-0.15, -0.1) is 0 Å². The maximum Gasteiger partial charge on any atom is 0.178 e. The molecule has 0 aliphatic carbocycles. The normalized spacial score (nSPS) is 19.2. The molecule has 0 aromatic heterocycles. The summed E-state index contributed by atoms with van der Waals surface area (Å²) in [4.78, 5) is 2.78. The van der Waals surface area contributed by atoms with E-state index in [1.165, 1.54) is 0 Å². The first-order valence-corrected chi connectivity index (χ1v) is 9.04. The molecule has 4 nitrogen and oxygen atoms in total. The van der Waals surface area contributed by atoms with E-state index in [1.807, 2.05) is 19.1 Å². The van der Waals surface area contributed by atoms with E-state index < -0.39 is 9.84 Å². The number of hydrogen-bond acceptors (Lipinski definition) is 4. The highest BCUT2D eigenvalue weighted by atomic mass is 32.2. The topological polar surface area (TPSA) is 49.4 Å². The number of sulfone groups is 1. The summed E-state index contributed by atoms with van der Waals surface area (Å²) in [6.07, 6.45) is 1.79. The second-order valence-corrected chi connectivity index (χ2v) is 7.35. The van der Waals surface area contributed by atoms with Gasteiger partial charge in [0.1, 0.15) is 0 Å². The number of rotatable bonds is 6. The molecule has 5 heteroatoms. The van der Waals surface area contributed by atoms with E-state index in [-0.39, 0.29) is 5.75 Å². The van der Waals surface area contributed by atoms with Crippen molar-refractivity contribution in [1.82, 2.24) is 5.32 Å². The van der Waals surface area contributed by atoms with Gasteiger partial charge in [-0.1, -0.05) is 6.92 Å². The lowest BCUT2D eigenvalue weighted by molar-refractivity contribution is 0.594. The van der Waals surface area contributed by atoms with Crippen molar-refractivity contribution in [2.24, 2.45) is 0 Å². The zero-order chi connectivity index (χ0) is 14.6. The van der Waals surface area contributed by atoms with Crippen LogP contribution in [0.1, 0.15) is 26.7 Å². The average molecular weight is 296 g/mol. The van der Waals surface area contributed by atoms with E-state index in [4.69, 9.17) is 0 Å². The van der Waals surface area contributed by atoms with Crippen molar-refractivity contribution in [3.05, 3.63) is 24.3 Å². The smallest absolute Gasteiger partial charge is 0.178 e. The van der Waals surface area contributed by atoms with Gasteiger partial charge in [0.25, 0.3) is 0 Å². The zero-order valence-electron chi connectivity index (χ0n) is 12.3. The number of benzene rings is 1. The van der Waals surface area contributed by atoms with Crippen molar-refractivity contribution in [3.63, 3.8) is 0 Å². The van der Waals surface area contributed by atoms with Crippen LogP contribution in [-0.2, 0) is 9.84 Å². The molecule has 2 rings (SSSR count). The van der Waals surface area contributed by atoms with Crippen LogP contribution in [0, 0.1) is 0 Å². The molecule has 0 saturated carbocycles. The molecule has 1 unspecified atom stereocenters. The van der Waals surface area contributed by atoms with Crippen molar-refractivity contribution in [3.8, 4) is 0 Å². The van der Waals surface area contributed by atoms with Crippen LogP contribution in [0.4, 0.5) is 5.69 Å². The lowest BCUT2D eigenvalue weighted by Gasteiger charge is -2.29. The van der Waals surface area contributed by atoms with Crippen LogP contribution in [0.3, 0.4) is 0 Å². The Labute approximate surface area is 122 Å². The predicted molar refractivity (Wildman–Crippen MR) is 83.1 cm³/mol. The molecule has 1 heterocycles. The van der Waals surface area contributed by atoms with Crippen LogP contribution in [0.15, 0.2) is 29.2 Å². The van der Waals surface area contributed by atoms with Gasteiger partial charge in [0.15, 0.2) is 9.84 Å². The minimum atomic E-state index is -3.11. The number of hydrogen-bond donors (Lipinski definition) is 1. The second-order valence-electron chi connectivity index (χ2n) is 5.25. The Hall–Kier alpha value is -1.07. The molecular formula is C15H24N2O2S. The highest BCUT2D eigenvalue weighted by Gasteiger charge is 2.22. The number of nitrogens with one attached hydrogen (secondary N) is 1. The molecule has 1 saturated heterocycles. The van der Waals surface area contributed by atoms with Gasteiger partial charge in [0.05, 0.1) is 10.6 Å². The lowest BCUT2D eigenvalue weighted by atomic mass is 10.2. The molecule has 1 fully saturated rings. The summed E-state index contributed by atoms with van der Waals surface area (Å²) < 4.78 is 24.0. The van der Waals surface area contributed by atoms with Gasteiger partial charge < -0.3 is 10.2 Å². The molecule has 0 amide bonds. The highest BCUT2D eigenvalue weighted by molar-refractivity contribution is 7.91. The third-order valence-electron chi connectivity index (χ3n) is 3.82. The van der Waals surface area contributed by atoms with Crippen LogP contribution in [-0.4, -0.2) is 39.8 Å². The predicted octanol–water partition coefficient (Wildman–Crippen LogP) is 2.06. The summed E-state index contributed by atoms with van der Waals surface area (Å²) in [7, 11) is -3.11. The molecule has 1 aromatic rings. The highest BCUT2D eigenvalue weighted by Crippen LogP contribution is 2.22. The second kappa shape index (κ2) is 6.59. The van der Waals surface area contributed by atoms with Gasteiger partial charge in [-0.3, -0.25) is 0 Å². The van der Waals surface area contributed by atoms with E-state index in [9.17, 15) is 8.42 Å². The van der Waals surface area contributed by atoms with Crippen molar-refractivity contribution < 1.29 is 8.42 Å². The van der Waals surface area contributed by atoms with E-state index in [1.54, 1.807) is 12.1 Å². The van der Waals surface area contributed by atoms with Crippen LogP contribution in [0.2, 0.25) is 0 Å². The summed E-state index contributed by atoms with van der Waals surface area (Å²) in [6.45, 7) is 7.03. The van der Waals surface area contributed by atoms with Crippen molar-refractivity contribution in [2.45, 2.75) is 37.6 Å². The van der Waals surface area contributed by atoms with Crippen LogP contribution in [0.5, 0.6) is 0 Å². The van der Waals surface area contributed by atoms with Crippen LogP contribution >= 0.6 is 0 Å². The first-order valence-electron chi connectivity index (χ1n) is 7.38. The third kappa shape index (κ3) is 3.33. The van der Waals surface area contributed by atoms with Crippen molar-refractivity contribution in [2.75, 3.05) is 30.3 Å². The Balaban J connectivity index is 2.18. The van der Waals surface area contributed by atoms with Crippen LogP contribution < -0.4 is 10.2 Å². The quantitative estimate of drug-likeness (QED) is 0.873. The van der Waals surface area contributed by atoms with Crippen molar-refractivity contribution in [1.29, 1.82) is 0 Å². The lowest BCUT2D eigenvalue weighted by Crippen LogP contribution is -2.36. The van der Waals surface area contributed by atoms with Gasteiger partial charge in [0, 0.05) is 24.8 Å². The van der Waals surface area contributed by atoms with E-state index in [0.717, 1.165) is 31.7 Å². The fraction of sp³-hybridized carbons (Fsp3) is 0.600.